The van der Waals surface area contributed by atoms with E-state index in [0.29, 0.717) is 17.0 Å². The lowest BCUT2D eigenvalue weighted by atomic mass is 9.91. The maximum atomic E-state index is 12.9. The summed E-state index contributed by atoms with van der Waals surface area (Å²) in [7, 11) is 1.96. The fourth-order valence-electron chi connectivity index (χ4n) is 1.88. The van der Waals surface area contributed by atoms with E-state index < -0.39 is 0 Å². The third-order valence-corrected chi connectivity index (χ3v) is 3.54. The van der Waals surface area contributed by atoms with Crippen LogP contribution < -0.4 is 5.32 Å². The highest BCUT2D eigenvalue weighted by atomic mass is 35.5. The van der Waals surface area contributed by atoms with Crippen LogP contribution in [0, 0.1) is 11.7 Å². The molecule has 0 aliphatic rings. The molecule has 0 aliphatic heterocycles. The highest BCUT2D eigenvalue weighted by molar-refractivity contribution is 6.31. The van der Waals surface area contributed by atoms with Crippen molar-refractivity contribution in [3.8, 4) is 0 Å². The van der Waals surface area contributed by atoms with Crippen LogP contribution in [0.3, 0.4) is 0 Å². The van der Waals surface area contributed by atoms with Gasteiger partial charge in [0.2, 0.25) is 0 Å². The van der Waals surface area contributed by atoms with Gasteiger partial charge in [0.15, 0.2) is 0 Å². The van der Waals surface area contributed by atoms with Gasteiger partial charge in [-0.3, -0.25) is 0 Å². The molecule has 90 valence electrons. The number of halogens is 2. The van der Waals surface area contributed by atoms with E-state index in [1.165, 1.54) is 12.1 Å². The van der Waals surface area contributed by atoms with Crippen LogP contribution in [0.4, 0.5) is 4.39 Å². The Kier molecular flexibility index (Phi) is 5.23. The van der Waals surface area contributed by atoms with Gasteiger partial charge in [-0.15, -0.1) is 0 Å². The number of rotatable bonds is 5. The molecule has 0 amide bonds. The van der Waals surface area contributed by atoms with Crippen LogP contribution in [0.2, 0.25) is 5.02 Å². The van der Waals surface area contributed by atoms with E-state index in [9.17, 15) is 4.39 Å². The van der Waals surface area contributed by atoms with Crippen molar-refractivity contribution in [3.05, 3.63) is 34.6 Å². The molecule has 0 radical (unpaired) electrons. The van der Waals surface area contributed by atoms with Gasteiger partial charge in [-0.05, 0) is 44.0 Å². The zero-order chi connectivity index (χ0) is 12.1. The predicted octanol–water partition coefficient (Wildman–Crippen LogP) is 3.66. The van der Waals surface area contributed by atoms with Gasteiger partial charge in [-0.25, -0.2) is 4.39 Å². The third kappa shape index (κ3) is 3.46. The monoisotopic (exact) mass is 243 g/mol. The maximum absolute atomic E-state index is 12.9. The van der Waals surface area contributed by atoms with Crippen molar-refractivity contribution >= 4 is 11.6 Å². The molecular weight excluding hydrogens is 225 g/mol. The second-order valence-corrected chi connectivity index (χ2v) is 4.59. The molecule has 1 aromatic carbocycles. The minimum absolute atomic E-state index is 0.275. The minimum atomic E-state index is -0.275. The largest absolute Gasteiger partial charge is 0.317 e. The van der Waals surface area contributed by atoms with Gasteiger partial charge < -0.3 is 5.32 Å². The highest BCUT2D eigenvalue weighted by Gasteiger charge is 2.15. The zero-order valence-electron chi connectivity index (χ0n) is 10.1. The summed E-state index contributed by atoms with van der Waals surface area (Å²) < 4.78 is 12.9. The van der Waals surface area contributed by atoms with E-state index in [1.54, 1.807) is 6.07 Å². The Morgan fingerprint density at radius 2 is 2.12 bits per heavy atom. The summed E-state index contributed by atoms with van der Waals surface area (Å²) in [4.78, 5) is 0. The molecule has 1 nitrogen and oxygen atoms in total. The van der Waals surface area contributed by atoms with Crippen LogP contribution in [-0.2, 0) is 6.42 Å². The Labute approximate surface area is 102 Å². The molecule has 0 spiro atoms. The van der Waals surface area contributed by atoms with E-state index in [1.807, 2.05) is 7.05 Å². The second kappa shape index (κ2) is 6.21. The number of hydrogen-bond acceptors (Lipinski definition) is 1. The average molecular weight is 244 g/mol. The molecule has 1 N–H and O–H groups in total. The second-order valence-electron chi connectivity index (χ2n) is 4.19. The topological polar surface area (TPSA) is 12.0 Å². The molecule has 3 heteroatoms. The Balaban J connectivity index is 2.78. The molecule has 1 rings (SSSR count). The molecule has 0 aliphatic carbocycles. The lowest BCUT2D eigenvalue weighted by molar-refractivity contribution is 0.381. The van der Waals surface area contributed by atoms with Gasteiger partial charge in [0.1, 0.15) is 5.82 Å². The van der Waals surface area contributed by atoms with Crippen LogP contribution in [0.1, 0.15) is 25.8 Å². The van der Waals surface area contributed by atoms with E-state index in [2.05, 4.69) is 19.2 Å². The van der Waals surface area contributed by atoms with Crippen molar-refractivity contribution in [2.24, 2.45) is 5.92 Å². The molecule has 1 aromatic rings. The first-order chi connectivity index (χ1) is 7.58. The Hall–Kier alpha value is -0.600. The third-order valence-electron chi connectivity index (χ3n) is 3.18. The Bertz CT molecular complexity index is 341. The van der Waals surface area contributed by atoms with Crippen LogP contribution in [0.25, 0.3) is 0 Å². The van der Waals surface area contributed by atoms with Crippen molar-refractivity contribution in [1.29, 1.82) is 0 Å². The van der Waals surface area contributed by atoms with Crippen molar-refractivity contribution in [2.75, 3.05) is 7.05 Å². The molecule has 0 aromatic heterocycles. The average Bonchev–Trinajstić information content (AvgIpc) is 2.27. The van der Waals surface area contributed by atoms with Crippen LogP contribution >= 0.6 is 11.6 Å². The van der Waals surface area contributed by atoms with Gasteiger partial charge in [0.25, 0.3) is 0 Å². The number of hydrogen-bond donors (Lipinski definition) is 1. The molecule has 16 heavy (non-hydrogen) atoms. The lowest BCUT2D eigenvalue weighted by Crippen LogP contribution is -2.31. The Morgan fingerprint density at radius 1 is 1.44 bits per heavy atom. The summed E-state index contributed by atoms with van der Waals surface area (Å²) in [5.74, 6) is 0.247. The molecular formula is C13H19ClFN. The zero-order valence-corrected chi connectivity index (χ0v) is 10.8. The molecule has 0 saturated heterocycles. The minimum Gasteiger partial charge on any atom is -0.317 e. The van der Waals surface area contributed by atoms with Gasteiger partial charge >= 0.3 is 0 Å². The number of nitrogens with one attached hydrogen (secondary N) is 1. The van der Waals surface area contributed by atoms with Crippen molar-refractivity contribution in [3.63, 3.8) is 0 Å². The first-order valence-electron chi connectivity index (χ1n) is 5.69. The molecule has 0 saturated carbocycles. The van der Waals surface area contributed by atoms with Crippen LogP contribution in [0.5, 0.6) is 0 Å². The molecule has 2 atom stereocenters. The standard InChI is InChI=1S/C13H19ClFN/c1-4-10(9(2)16-3)7-11-5-6-12(15)8-13(11)14/h5-6,8-10,16H,4,7H2,1-3H3. The molecule has 0 fully saturated rings. The fourth-order valence-corrected chi connectivity index (χ4v) is 2.12. The van der Waals surface area contributed by atoms with Crippen molar-refractivity contribution in [1.82, 2.24) is 5.32 Å². The summed E-state index contributed by atoms with van der Waals surface area (Å²) in [5.41, 5.74) is 1.03. The smallest absolute Gasteiger partial charge is 0.124 e. The van der Waals surface area contributed by atoms with E-state index in [0.717, 1.165) is 18.4 Å². The Morgan fingerprint density at radius 3 is 2.62 bits per heavy atom. The summed E-state index contributed by atoms with van der Waals surface area (Å²) in [5, 5.41) is 3.78. The van der Waals surface area contributed by atoms with Gasteiger partial charge in [-0.2, -0.15) is 0 Å². The van der Waals surface area contributed by atoms with Crippen LogP contribution in [0.15, 0.2) is 18.2 Å². The maximum Gasteiger partial charge on any atom is 0.124 e. The van der Waals surface area contributed by atoms with E-state index in [-0.39, 0.29) is 5.82 Å². The summed E-state index contributed by atoms with van der Waals surface area (Å²) in [6.45, 7) is 4.32. The lowest BCUT2D eigenvalue weighted by Gasteiger charge is -2.22. The molecule has 0 bridgehead atoms. The highest BCUT2D eigenvalue weighted by Crippen LogP contribution is 2.23. The summed E-state index contributed by atoms with van der Waals surface area (Å²) in [6.07, 6.45) is 1.97. The quantitative estimate of drug-likeness (QED) is 0.832. The summed E-state index contributed by atoms with van der Waals surface area (Å²) >= 11 is 6.02. The fraction of sp³-hybridized carbons (Fsp3) is 0.538. The molecule has 2 unspecified atom stereocenters. The van der Waals surface area contributed by atoms with Gasteiger partial charge in [0.05, 0.1) is 0 Å². The van der Waals surface area contributed by atoms with Crippen molar-refractivity contribution in [2.45, 2.75) is 32.7 Å². The van der Waals surface area contributed by atoms with E-state index >= 15 is 0 Å². The predicted molar refractivity (Wildman–Crippen MR) is 67.4 cm³/mol. The summed E-state index contributed by atoms with van der Waals surface area (Å²) in [6, 6.07) is 5.07. The van der Waals surface area contributed by atoms with E-state index in [4.69, 9.17) is 11.6 Å². The normalized spacial score (nSPS) is 14.8. The molecule has 0 heterocycles. The first kappa shape index (κ1) is 13.5. The van der Waals surface area contributed by atoms with Gasteiger partial charge in [0, 0.05) is 11.1 Å². The first-order valence-corrected chi connectivity index (χ1v) is 6.07. The SMILES string of the molecule is CCC(Cc1ccc(F)cc1Cl)C(C)NC. The van der Waals surface area contributed by atoms with Crippen LogP contribution in [-0.4, -0.2) is 13.1 Å². The van der Waals surface area contributed by atoms with Crippen molar-refractivity contribution < 1.29 is 4.39 Å². The number of benzene rings is 1. The van der Waals surface area contributed by atoms with Gasteiger partial charge in [-0.1, -0.05) is 31.0 Å².